The molecule has 1 unspecified atom stereocenters. The second-order valence-corrected chi connectivity index (χ2v) is 7.00. The van der Waals surface area contributed by atoms with Crippen molar-refractivity contribution in [2.75, 3.05) is 5.32 Å². The number of aromatic nitrogens is 2. The Morgan fingerprint density at radius 1 is 1.26 bits per heavy atom. The number of unbranched alkanes of at least 4 members (excludes halogenated alkanes) is 2. The van der Waals surface area contributed by atoms with Crippen LogP contribution in [0.15, 0.2) is 10.7 Å². The molecule has 0 spiro atoms. The molecule has 1 aromatic rings. The maximum absolute atomic E-state index is 4.62. The molecule has 0 radical (unpaired) electrons. The van der Waals surface area contributed by atoms with Crippen LogP contribution in [-0.4, -0.2) is 16.0 Å². The number of nitrogens with one attached hydrogen (secondary N) is 1. The van der Waals surface area contributed by atoms with Crippen molar-refractivity contribution in [1.29, 1.82) is 0 Å². The first-order valence-electron chi connectivity index (χ1n) is 7.14. The summed E-state index contributed by atoms with van der Waals surface area (Å²) in [4.78, 5) is 9.07. The molecule has 1 N–H and O–H groups in total. The first-order valence-corrected chi connectivity index (χ1v) is 7.94. The van der Waals surface area contributed by atoms with Gasteiger partial charge in [0.2, 0.25) is 0 Å². The van der Waals surface area contributed by atoms with Gasteiger partial charge in [0, 0.05) is 17.5 Å². The molecule has 1 rings (SSSR count). The highest BCUT2D eigenvalue weighted by atomic mass is 79.9. The van der Waals surface area contributed by atoms with Gasteiger partial charge >= 0.3 is 0 Å². The number of nitrogens with zero attached hydrogens (tertiary/aromatic N) is 2. The summed E-state index contributed by atoms with van der Waals surface area (Å²) in [6.07, 6.45) is 5.01. The molecule has 0 aliphatic carbocycles. The maximum atomic E-state index is 4.62. The summed E-state index contributed by atoms with van der Waals surface area (Å²) < 4.78 is 0.843. The van der Waals surface area contributed by atoms with Crippen molar-refractivity contribution < 1.29 is 0 Å². The molecule has 0 aliphatic rings. The number of rotatable bonds is 6. The first-order chi connectivity index (χ1) is 8.82. The van der Waals surface area contributed by atoms with Crippen LogP contribution in [0.25, 0.3) is 0 Å². The molecular weight excluding hydrogens is 302 g/mol. The molecule has 1 aromatic heterocycles. The lowest BCUT2D eigenvalue weighted by atomic mass is 9.96. The Morgan fingerprint density at radius 3 is 2.53 bits per heavy atom. The van der Waals surface area contributed by atoms with Crippen molar-refractivity contribution in [1.82, 2.24) is 9.97 Å². The van der Waals surface area contributed by atoms with Crippen LogP contribution in [0.1, 0.15) is 66.1 Å². The van der Waals surface area contributed by atoms with Crippen molar-refractivity contribution in [3.63, 3.8) is 0 Å². The standard InChI is InChI=1S/C15H26BrN3/c1-6-7-8-9-11(2)17-13-10-12(16)18-14(19-13)15(3,4)5/h10-11H,6-9H2,1-5H3,(H,17,18,19). The topological polar surface area (TPSA) is 37.8 Å². The van der Waals surface area contributed by atoms with E-state index in [0.29, 0.717) is 6.04 Å². The summed E-state index contributed by atoms with van der Waals surface area (Å²) >= 11 is 3.47. The summed E-state index contributed by atoms with van der Waals surface area (Å²) in [6.45, 7) is 10.8. The summed E-state index contributed by atoms with van der Waals surface area (Å²) in [7, 11) is 0. The average molecular weight is 328 g/mol. The van der Waals surface area contributed by atoms with E-state index in [2.05, 4.69) is 65.8 Å². The van der Waals surface area contributed by atoms with Crippen LogP contribution in [0.4, 0.5) is 5.82 Å². The Balaban J connectivity index is 2.70. The van der Waals surface area contributed by atoms with Crippen molar-refractivity contribution >= 4 is 21.7 Å². The van der Waals surface area contributed by atoms with E-state index in [9.17, 15) is 0 Å². The van der Waals surface area contributed by atoms with Crippen LogP contribution in [0.3, 0.4) is 0 Å². The van der Waals surface area contributed by atoms with E-state index in [1.54, 1.807) is 0 Å². The molecule has 0 amide bonds. The fraction of sp³-hybridized carbons (Fsp3) is 0.733. The summed E-state index contributed by atoms with van der Waals surface area (Å²) in [5.41, 5.74) is -0.0361. The molecule has 1 atom stereocenters. The molecule has 0 bridgehead atoms. The Labute approximate surface area is 125 Å². The smallest absolute Gasteiger partial charge is 0.137 e. The number of hydrogen-bond donors (Lipinski definition) is 1. The molecule has 0 aromatic carbocycles. The highest BCUT2D eigenvalue weighted by Crippen LogP contribution is 2.23. The highest BCUT2D eigenvalue weighted by molar-refractivity contribution is 9.10. The monoisotopic (exact) mass is 327 g/mol. The van der Waals surface area contributed by atoms with Gasteiger partial charge in [0.15, 0.2) is 0 Å². The van der Waals surface area contributed by atoms with Gasteiger partial charge in [0.05, 0.1) is 0 Å². The van der Waals surface area contributed by atoms with Gasteiger partial charge < -0.3 is 5.32 Å². The molecule has 19 heavy (non-hydrogen) atoms. The van der Waals surface area contributed by atoms with E-state index in [4.69, 9.17) is 0 Å². The van der Waals surface area contributed by atoms with Crippen molar-refractivity contribution in [2.45, 2.75) is 71.8 Å². The van der Waals surface area contributed by atoms with E-state index < -0.39 is 0 Å². The molecule has 0 saturated carbocycles. The molecule has 0 saturated heterocycles. The van der Waals surface area contributed by atoms with Crippen LogP contribution in [0, 0.1) is 0 Å². The normalized spacial score (nSPS) is 13.4. The Kier molecular flexibility index (Phi) is 6.24. The third kappa shape index (κ3) is 5.89. The van der Waals surface area contributed by atoms with Crippen LogP contribution < -0.4 is 5.32 Å². The van der Waals surface area contributed by atoms with Crippen LogP contribution in [0.5, 0.6) is 0 Å². The van der Waals surface area contributed by atoms with Gasteiger partial charge in [-0.05, 0) is 29.3 Å². The SMILES string of the molecule is CCCCCC(C)Nc1cc(Br)nc(C(C)(C)C)n1. The summed E-state index contributed by atoms with van der Waals surface area (Å²) in [5.74, 6) is 1.78. The van der Waals surface area contributed by atoms with Crippen molar-refractivity contribution in [2.24, 2.45) is 0 Å². The van der Waals surface area contributed by atoms with Gasteiger partial charge in [-0.25, -0.2) is 9.97 Å². The number of hydrogen-bond acceptors (Lipinski definition) is 3. The Morgan fingerprint density at radius 2 is 1.95 bits per heavy atom. The first kappa shape index (κ1) is 16.4. The summed E-state index contributed by atoms with van der Waals surface area (Å²) in [6, 6.07) is 2.40. The lowest BCUT2D eigenvalue weighted by Gasteiger charge is -2.20. The largest absolute Gasteiger partial charge is 0.367 e. The Bertz CT molecular complexity index is 399. The zero-order chi connectivity index (χ0) is 14.5. The number of halogens is 1. The molecule has 0 fully saturated rings. The second-order valence-electron chi connectivity index (χ2n) is 6.19. The molecule has 108 valence electrons. The van der Waals surface area contributed by atoms with Crippen LogP contribution >= 0.6 is 15.9 Å². The average Bonchev–Trinajstić information content (AvgIpc) is 2.27. The van der Waals surface area contributed by atoms with Gasteiger partial charge in [0.25, 0.3) is 0 Å². The maximum Gasteiger partial charge on any atom is 0.137 e. The molecular formula is C15H26BrN3. The van der Waals surface area contributed by atoms with E-state index in [-0.39, 0.29) is 5.41 Å². The van der Waals surface area contributed by atoms with Gasteiger partial charge in [-0.3, -0.25) is 0 Å². The quantitative estimate of drug-likeness (QED) is 0.595. The summed E-state index contributed by atoms with van der Waals surface area (Å²) in [5, 5.41) is 3.47. The highest BCUT2D eigenvalue weighted by Gasteiger charge is 2.19. The fourth-order valence-corrected chi connectivity index (χ4v) is 2.24. The predicted molar refractivity (Wildman–Crippen MR) is 85.7 cm³/mol. The fourth-order valence-electron chi connectivity index (χ4n) is 1.85. The molecule has 1 heterocycles. The predicted octanol–water partition coefficient (Wildman–Crippen LogP) is 4.92. The van der Waals surface area contributed by atoms with E-state index in [1.165, 1.54) is 25.7 Å². The van der Waals surface area contributed by atoms with E-state index in [0.717, 1.165) is 16.2 Å². The molecule has 0 aliphatic heterocycles. The lowest BCUT2D eigenvalue weighted by Crippen LogP contribution is -2.20. The second kappa shape index (κ2) is 7.22. The molecule has 4 heteroatoms. The molecule has 3 nitrogen and oxygen atoms in total. The van der Waals surface area contributed by atoms with Gasteiger partial charge in [0.1, 0.15) is 16.2 Å². The zero-order valence-electron chi connectivity index (χ0n) is 12.8. The van der Waals surface area contributed by atoms with Gasteiger partial charge in [-0.2, -0.15) is 0 Å². The minimum atomic E-state index is -0.0361. The van der Waals surface area contributed by atoms with Crippen LogP contribution in [0.2, 0.25) is 0 Å². The van der Waals surface area contributed by atoms with Crippen molar-refractivity contribution in [3.8, 4) is 0 Å². The lowest BCUT2D eigenvalue weighted by molar-refractivity contribution is 0.542. The van der Waals surface area contributed by atoms with Gasteiger partial charge in [-0.15, -0.1) is 0 Å². The van der Waals surface area contributed by atoms with E-state index >= 15 is 0 Å². The van der Waals surface area contributed by atoms with Crippen molar-refractivity contribution in [3.05, 3.63) is 16.5 Å². The zero-order valence-corrected chi connectivity index (χ0v) is 14.3. The number of anilines is 1. The Hall–Kier alpha value is -0.640. The minimum Gasteiger partial charge on any atom is -0.367 e. The third-order valence-electron chi connectivity index (χ3n) is 3.00. The van der Waals surface area contributed by atoms with Gasteiger partial charge in [-0.1, -0.05) is 47.0 Å². The third-order valence-corrected chi connectivity index (χ3v) is 3.41. The van der Waals surface area contributed by atoms with E-state index in [1.807, 2.05) is 6.07 Å². The van der Waals surface area contributed by atoms with Crippen LogP contribution in [-0.2, 0) is 5.41 Å². The minimum absolute atomic E-state index is 0.0361.